The molecule has 0 radical (unpaired) electrons. The summed E-state index contributed by atoms with van der Waals surface area (Å²) < 4.78 is 9.91. The van der Waals surface area contributed by atoms with Crippen molar-refractivity contribution >= 4 is 11.9 Å². The Bertz CT molecular complexity index is 538. The van der Waals surface area contributed by atoms with Crippen LogP contribution in [0.4, 0.5) is 0 Å². The van der Waals surface area contributed by atoms with Crippen LogP contribution in [-0.2, 0) is 25.5 Å². The Morgan fingerprint density at radius 3 is 2.33 bits per heavy atom. The fourth-order valence-electron chi connectivity index (χ4n) is 2.37. The maximum atomic E-state index is 12.1. The molecule has 0 fully saturated rings. The second kappa shape index (κ2) is 10.6. The number of hydrogen-bond donors (Lipinski definition) is 1. The summed E-state index contributed by atoms with van der Waals surface area (Å²) in [4.78, 5) is 23.8. The highest BCUT2D eigenvalue weighted by atomic mass is 16.5. The minimum atomic E-state index is -0.921. The van der Waals surface area contributed by atoms with Gasteiger partial charge in [-0.1, -0.05) is 36.9 Å². The molecule has 0 spiro atoms. The summed E-state index contributed by atoms with van der Waals surface area (Å²) in [6.45, 7) is 7.51. The summed E-state index contributed by atoms with van der Waals surface area (Å²) in [5.74, 6) is -1.91. The smallest absolute Gasteiger partial charge is 0.333 e. The molecule has 24 heavy (non-hydrogen) atoms. The molecule has 0 saturated carbocycles. The van der Waals surface area contributed by atoms with Gasteiger partial charge in [0.1, 0.15) is 0 Å². The van der Waals surface area contributed by atoms with Crippen molar-refractivity contribution in [3.63, 3.8) is 0 Å². The van der Waals surface area contributed by atoms with E-state index in [1.807, 2.05) is 30.3 Å². The van der Waals surface area contributed by atoms with Crippen molar-refractivity contribution in [3.05, 3.63) is 48.0 Å². The standard InChI is InChI=1S/C19H26O5/c1-4-23-18(21)14(3)13-16(19(22)24-5-2)17(20)12-11-15-9-7-6-8-10-15/h6-10,16-17,20H,3-5,11-13H2,1-2H3/t16-,17+/m1/s1. The zero-order chi connectivity index (χ0) is 17.9. The van der Waals surface area contributed by atoms with Crippen molar-refractivity contribution in [1.82, 2.24) is 0 Å². The van der Waals surface area contributed by atoms with Crippen molar-refractivity contribution in [2.45, 2.75) is 39.2 Å². The van der Waals surface area contributed by atoms with Gasteiger partial charge >= 0.3 is 11.9 Å². The highest BCUT2D eigenvalue weighted by Gasteiger charge is 2.30. The van der Waals surface area contributed by atoms with E-state index in [1.165, 1.54) is 0 Å². The van der Waals surface area contributed by atoms with Crippen LogP contribution in [0.1, 0.15) is 32.3 Å². The first-order valence-electron chi connectivity index (χ1n) is 8.23. The highest BCUT2D eigenvalue weighted by Crippen LogP contribution is 2.21. The summed E-state index contributed by atoms with van der Waals surface area (Å²) in [7, 11) is 0. The van der Waals surface area contributed by atoms with E-state index in [-0.39, 0.29) is 25.2 Å². The number of esters is 2. The largest absolute Gasteiger partial charge is 0.466 e. The lowest BCUT2D eigenvalue weighted by atomic mass is 9.90. The van der Waals surface area contributed by atoms with E-state index in [1.54, 1.807) is 13.8 Å². The van der Waals surface area contributed by atoms with Gasteiger partial charge in [0.15, 0.2) is 0 Å². The van der Waals surface area contributed by atoms with Crippen molar-refractivity contribution in [3.8, 4) is 0 Å². The first-order valence-corrected chi connectivity index (χ1v) is 8.23. The van der Waals surface area contributed by atoms with Gasteiger partial charge in [0, 0.05) is 5.57 Å². The number of aliphatic hydroxyl groups is 1. The molecule has 0 saturated heterocycles. The van der Waals surface area contributed by atoms with Gasteiger partial charge in [0.05, 0.1) is 25.2 Å². The Morgan fingerprint density at radius 2 is 1.75 bits per heavy atom. The summed E-state index contributed by atoms with van der Waals surface area (Å²) >= 11 is 0. The van der Waals surface area contributed by atoms with Crippen LogP contribution in [0.3, 0.4) is 0 Å². The second-order valence-electron chi connectivity index (χ2n) is 5.48. The number of hydrogen-bond acceptors (Lipinski definition) is 5. The molecule has 0 unspecified atom stereocenters. The molecule has 0 bridgehead atoms. The molecule has 5 heteroatoms. The Morgan fingerprint density at radius 1 is 1.12 bits per heavy atom. The van der Waals surface area contributed by atoms with Crippen LogP contribution < -0.4 is 0 Å². The molecule has 0 aliphatic heterocycles. The Balaban J connectivity index is 2.71. The predicted molar refractivity (Wildman–Crippen MR) is 91.3 cm³/mol. The predicted octanol–water partition coefficient (Wildman–Crippen LogP) is 2.67. The molecule has 0 aliphatic carbocycles. The summed E-state index contributed by atoms with van der Waals surface area (Å²) in [5, 5.41) is 10.4. The monoisotopic (exact) mass is 334 g/mol. The maximum absolute atomic E-state index is 12.1. The topological polar surface area (TPSA) is 72.8 Å². The molecule has 1 aromatic carbocycles. The van der Waals surface area contributed by atoms with Gasteiger partial charge in [-0.3, -0.25) is 4.79 Å². The summed E-state index contributed by atoms with van der Waals surface area (Å²) in [5.41, 5.74) is 1.23. The van der Waals surface area contributed by atoms with Crippen molar-refractivity contribution in [1.29, 1.82) is 0 Å². The van der Waals surface area contributed by atoms with Crippen LogP contribution >= 0.6 is 0 Å². The molecular formula is C19H26O5. The maximum Gasteiger partial charge on any atom is 0.333 e. The van der Waals surface area contributed by atoms with Crippen LogP contribution in [0.2, 0.25) is 0 Å². The van der Waals surface area contributed by atoms with Crippen LogP contribution in [-0.4, -0.2) is 36.4 Å². The fourth-order valence-corrected chi connectivity index (χ4v) is 2.37. The van der Waals surface area contributed by atoms with E-state index in [0.717, 1.165) is 5.56 Å². The van der Waals surface area contributed by atoms with Crippen LogP contribution in [0.15, 0.2) is 42.5 Å². The van der Waals surface area contributed by atoms with Gasteiger partial charge in [-0.05, 0) is 38.7 Å². The second-order valence-corrected chi connectivity index (χ2v) is 5.48. The molecule has 0 aliphatic rings. The number of rotatable bonds is 10. The third-order valence-electron chi connectivity index (χ3n) is 3.66. The zero-order valence-electron chi connectivity index (χ0n) is 14.4. The Labute approximate surface area is 143 Å². The Kier molecular flexibility index (Phi) is 8.79. The molecule has 1 aromatic rings. The van der Waals surface area contributed by atoms with Crippen molar-refractivity contribution in [2.24, 2.45) is 5.92 Å². The molecule has 1 N–H and O–H groups in total. The number of aliphatic hydroxyl groups excluding tert-OH is 1. The average Bonchev–Trinajstić information content (AvgIpc) is 2.58. The molecule has 5 nitrogen and oxygen atoms in total. The number of aryl methyl sites for hydroxylation is 1. The minimum absolute atomic E-state index is 0.0215. The van der Waals surface area contributed by atoms with Crippen LogP contribution in [0, 0.1) is 5.92 Å². The Hall–Kier alpha value is -2.14. The third kappa shape index (κ3) is 6.54. The molecule has 0 heterocycles. The van der Waals surface area contributed by atoms with Gasteiger partial charge in [-0.15, -0.1) is 0 Å². The first-order chi connectivity index (χ1) is 11.5. The van der Waals surface area contributed by atoms with E-state index in [4.69, 9.17) is 9.47 Å². The minimum Gasteiger partial charge on any atom is -0.466 e. The van der Waals surface area contributed by atoms with E-state index >= 15 is 0 Å². The zero-order valence-corrected chi connectivity index (χ0v) is 14.4. The van der Waals surface area contributed by atoms with E-state index in [2.05, 4.69) is 6.58 Å². The molecule has 2 atom stereocenters. The first kappa shape index (κ1) is 19.9. The summed E-state index contributed by atoms with van der Waals surface area (Å²) in [6, 6.07) is 9.69. The lowest BCUT2D eigenvalue weighted by Gasteiger charge is -2.22. The van der Waals surface area contributed by atoms with E-state index in [0.29, 0.717) is 12.8 Å². The van der Waals surface area contributed by atoms with Crippen LogP contribution in [0.25, 0.3) is 0 Å². The SMILES string of the molecule is C=C(C[C@@H](C(=O)OCC)[C@@H](O)CCc1ccccc1)C(=O)OCC. The number of carbonyl (C=O) groups excluding carboxylic acids is 2. The molecule has 132 valence electrons. The van der Waals surface area contributed by atoms with Gasteiger partial charge in [-0.2, -0.15) is 0 Å². The van der Waals surface area contributed by atoms with Crippen molar-refractivity contribution in [2.75, 3.05) is 13.2 Å². The fraction of sp³-hybridized carbons (Fsp3) is 0.474. The molecule has 0 aromatic heterocycles. The lowest BCUT2D eigenvalue weighted by Crippen LogP contribution is -2.32. The number of benzene rings is 1. The average molecular weight is 334 g/mol. The molecule has 1 rings (SSSR count). The van der Waals surface area contributed by atoms with Gasteiger partial charge in [-0.25, -0.2) is 4.79 Å². The lowest BCUT2D eigenvalue weighted by molar-refractivity contribution is -0.152. The van der Waals surface area contributed by atoms with Gasteiger partial charge in [0.2, 0.25) is 0 Å². The van der Waals surface area contributed by atoms with Gasteiger partial charge in [0.25, 0.3) is 0 Å². The number of carbonyl (C=O) groups is 2. The third-order valence-corrected chi connectivity index (χ3v) is 3.66. The van der Waals surface area contributed by atoms with E-state index < -0.39 is 24.0 Å². The normalized spacial score (nSPS) is 13.0. The highest BCUT2D eigenvalue weighted by molar-refractivity contribution is 5.88. The number of ether oxygens (including phenoxy) is 2. The molecule has 0 amide bonds. The molecular weight excluding hydrogens is 308 g/mol. The van der Waals surface area contributed by atoms with Gasteiger partial charge < -0.3 is 14.6 Å². The van der Waals surface area contributed by atoms with E-state index in [9.17, 15) is 14.7 Å². The quantitative estimate of drug-likeness (QED) is 0.526. The van der Waals surface area contributed by atoms with Crippen LogP contribution in [0.5, 0.6) is 0 Å². The van der Waals surface area contributed by atoms with Crippen molar-refractivity contribution < 1.29 is 24.2 Å². The summed E-state index contributed by atoms with van der Waals surface area (Å²) in [6.07, 6.45) is 0.122.